The van der Waals surface area contributed by atoms with Crippen LogP contribution in [-0.2, 0) is 0 Å². The van der Waals surface area contributed by atoms with Crippen LogP contribution in [0.3, 0.4) is 0 Å². The van der Waals surface area contributed by atoms with Gasteiger partial charge in [-0.3, -0.25) is 0 Å². The van der Waals surface area contributed by atoms with E-state index < -0.39 is 5.97 Å². The van der Waals surface area contributed by atoms with Crippen LogP contribution < -0.4 is 4.74 Å². The van der Waals surface area contributed by atoms with Crippen LogP contribution in [0.2, 0.25) is 0 Å². The van der Waals surface area contributed by atoms with Gasteiger partial charge in [-0.1, -0.05) is 42.0 Å². The molecule has 0 aliphatic heterocycles. The quantitative estimate of drug-likeness (QED) is 0.452. The predicted molar refractivity (Wildman–Crippen MR) is 68.8 cm³/mol. The molecule has 0 saturated carbocycles. The van der Waals surface area contributed by atoms with Gasteiger partial charge in [0.2, 0.25) is 0 Å². The lowest BCUT2D eigenvalue weighted by Gasteiger charge is -2.04. The highest BCUT2D eigenvalue weighted by Gasteiger charge is 2.07. The Bertz CT molecular complexity index is 592. The fourth-order valence-electron chi connectivity index (χ4n) is 1.44. The molecule has 0 saturated heterocycles. The lowest BCUT2D eigenvalue weighted by Crippen LogP contribution is -2.07. The monoisotopic (exact) mass is 237 g/mol. The van der Waals surface area contributed by atoms with Crippen molar-refractivity contribution in [2.75, 3.05) is 0 Å². The molecule has 18 heavy (non-hydrogen) atoms. The number of ether oxygens (including phenoxy) is 1. The Morgan fingerprint density at radius 1 is 1.06 bits per heavy atom. The molecule has 0 radical (unpaired) electrons. The molecule has 0 aromatic heterocycles. The van der Waals surface area contributed by atoms with Gasteiger partial charge in [0, 0.05) is 0 Å². The van der Waals surface area contributed by atoms with E-state index in [0.717, 1.165) is 5.56 Å². The first-order valence-corrected chi connectivity index (χ1v) is 5.45. The van der Waals surface area contributed by atoms with Crippen LogP contribution in [0.25, 0.3) is 4.85 Å². The minimum Gasteiger partial charge on any atom is -0.423 e. The number of aryl methyl sites for hydroxylation is 1. The zero-order valence-electron chi connectivity index (χ0n) is 9.88. The van der Waals surface area contributed by atoms with Crippen molar-refractivity contribution in [2.45, 2.75) is 6.92 Å². The maximum Gasteiger partial charge on any atom is 0.343 e. The number of esters is 1. The van der Waals surface area contributed by atoms with E-state index in [0.29, 0.717) is 17.0 Å². The first kappa shape index (κ1) is 11.9. The molecule has 88 valence electrons. The van der Waals surface area contributed by atoms with E-state index in [1.807, 2.05) is 19.1 Å². The molecular formula is C15H11NO2. The van der Waals surface area contributed by atoms with Crippen molar-refractivity contribution in [2.24, 2.45) is 0 Å². The van der Waals surface area contributed by atoms with Crippen LogP contribution >= 0.6 is 0 Å². The summed E-state index contributed by atoms with van der Waals surface area (Å²) in [4.78, 5) is 15.1. The summed E-state index contributed by atoms with van der Waals surface area (Å²) in [6.07, 6.45) is 0. The Kier molecular flexibility index (Phi) is 3.40. The van der Waals surface area contributed by atoms with E-state index in [1.165, 1.54) is 0 Å². The summed E-state index contributed by atoms with van der Waals surface area (Å²) >= 11 is 0. The van der Waals surface area contributed by atoms with E-state index >= 15 is 0 Å². The van der Waals surface area contributed by atoms with Gasteiger partial charge in [0.25, 0.3) is 0 Å². The van der Waals surface area contributed by atoms with Crippen molar-refractivity contribution in [3.8, 4) is 5.75 Å². The fourth-order valence-corrected chi connectivity index (χ4v) is 1.44. The van der Waals surface area contributed by atoms with E-state index in [1.54, 1.807) is 36.4 Å². The van der Waals surface area contributed by atoms with Gasteiger partial charge in [0.1, 0.15) is 5.75 Å². The molecule has 0 unspecified atom stereocenters. The van der Waals surface area contributed by atoms with Crippen LogP contribution in [0, 0.1) is 13.5 Å². The fraction of sp³-hybridized carbons (Fsp3) is 0.0667. The third-order valence-corrected chi connectivity index (χ3v) is 2.46. The van der Waals surface area contributed by atoms with E-state index in [4.69, 9.17) is 11.3 Å². The van der Waals surface area contributed by atoms with Gasteiger partial charge in [-0.15, -0.1) is 0 Å². The van der Waals surface area contributed by atoms with E-state index in [-0.39, 0.29) is 0 Å². The second kappa shape index (κ2) is 5.15. The molecule has 3 nitrogen and oxygen atoms in total. The number of carbonyl (C=O) groups is 1. The van der Waals surface area contributed by atoms with Gasteiger partial charge in [-0.25, -0.2) is 9.64 Å². The Morgan fingerprint density at radius 3 is 2.22 bits per heavy atom. The molecular weight excluding hydrogens is 226 g/mol. The third-order valence-electron chi connectivity index (χ3n) is 2.46. The van der Waals surface area contributed by atoms with Crippen molar-refractivity contribution in [3.05, 3.63) is 71.1 Å². The van der Waals surface area contributed by atoms with Crippen LogP contribution in [0.5, 0.6) is 5.75 Å². The van der Waals surface area contributed by atoms with Gasteiger partial charge >= 0.3 is 5.97 Å². The lowest BCUT2D eigenvalue weighted by atomic mass is 10.2. The van der Waals surface area contributed by atoms with E-state index in [9.17, 15) is 4.79 Å². The van der Waals surface area contributed by atoms with Crippen LogP contribution in [-0.4, -0.2) is 5.97 Å². The molecule has 0 amide bonds. The normalized spacial score (nSPS) is 9.56. The summed E-state index contributed by atoms with van der Waals surface area (Å²) in [6, 6.07) is 13.6. The second-order valence-electron chi connectivity index (χ2n) is 3.86. The molecule has 0 atom stereocenters. The molecule has 2 aromatic carbocycles. The highest BCUT2D eigenvalue weighted by Crippen LogP contribution is 2.16. The smallest absolute Gasteiger partial charge is 0.343 e. The summed E-state index contributed by atoms with van der Waals surface area (Å²) < 4.78 is 5.21. The highest BCUT2D eigenvalue weighted by atomic mass is 16.5. The number of hydrogen-bond acceptors (Lipinski definition) is 2. The van der Waals surface area contributed by atoms with Crippen LogP contribution in [0.4, 0.5) is 5.69 Å². The molecule has 0 aliphatic rings. The number of benzene rings is 2. The van der Waals surface area contributed by atoms with Crippen molar-refractivity contribution >= 4 is 11.7 Å². The maximum atomic E-state index is 11.8. The number of rotatable bonds is 2. The summed E-state index contributed by atoms with van der Waals surface area (Å²) in [5.74, 6) is 0.0928. The molecule has 0 spiro atoms. The standard InChI is InChI=1S/C15H11NO2/c1-11-3-9-14(10-4-11)18-15(17)12-5-7-13(16-2)8-6-12/h3-10H,1H3. The summed E-state index contributed by atoms with van der Waals surface area (Å²) in [5.41, 5.74) is 2.04. The van der Waals surface area contributed by atoms with E-state index in [2.05, 4.69) is 4.85 Å². The Morgan fingerprint density at radius 2 is 1.67 bits per heavy atom. The van der Waals surface area contributed by atoms with Crippen LogP contribution in [0.1, 0.15) is 15.9 Å². The largest absolute Gasteiger partial charge is 0.423 e. The molecule has 0 bridgehead atoms. The maximum absolute atomic E-state index is 11.8. The topological polar surface area (TPSA) is 30.7 Å². The van der Waals surface area contributed by atoms with Crippen molar-refractivity contribution < 1.29 is 9.53 Å². The minimum absolute atomic E-state index is 0.421. The van der Waals surface area contributed by atoms with Crippen molar-refractivity contribution in [1.29, 1.82) is 0 Å². The molecule has 2 rings (SSSR count). The summed E-state index contributed by atoms with van der Waals surface area (Å²) in [5, 5.41) is 0. The Balaban J connectivity index is 2.12. The highest BCUT2D eigenvalue weighted by molar-refractivity contribution is 5.91. The first-order chi connectivity index (χ1) is 8.69. The van der Waals surface area contributed by atoms with Gasteiger partial charge in [-0.2, -0.15) is 0 Å². The zero-order valence-corrected chi connectivity index (χ0v) is 9.88. The van der Waals surface area contributed by atoms with Gasteiger partial charge in [0.15, 0.2) is 5.69 Å². The lowest BCUT2D eigenvalue weighted by molar-refractivity contribution is 0.0735. The Labute approximate surface area is 105 Å². The predicted octanol–water partition coefficient (Wildman–Crippen LogP) is 3.77. The molecule has 0 aliphatic carbocycles. The third kappa shape index (κ3) is 2.74. The number of carbonyl (C=O) groups excluding carboxylic acids is 1. The van der Waals surface area contributed by atoms with Crippen molar-refractivity contribution in [1.82, 2.24) is 0 Å². The molecule has 3 heteroatoms. The average Bonchev–Trinajstić information content (AvgIpc) is 2.41. The zero-order chi connectivity index (χ0) is 13.0. The van der Waals surface area contributed by atoms with Gasteiger partial charge < -0.3 is 4.74 Å². The molecule has 2 aromatic rings. The minimum atomic E-state index is -0.421. The molecule has 0 N–H and O–H groups in total. The average molecular weight is 237 g/mol. The van der Waals surface area contributed by atoms with Crippen LogP contribution in [0.15, 0.2) is 48.5 Å². The Hall–Kier alpha value is -2.60. The SMILES string of the molecule is [C-]#[N+]c1ccc(C(=O)Oc2ccc(C)cc2)cc1. The van der Waals surface area contributed by atoms with Crippen molar-refractivity contribution in [3.63, 3.8) is 0 Å². The number of hydrogen-bond donors (Lipinski definition) is 0. The molecule has 0 heterocycles. The number of nitrogens with zero attached hydrogens (tertiary/aromatic N) is 1. The molecule has 0 fully saturated rings. The van der Waals surface area contributed by atoms with Gasteiger partial charge in [0.05, 0.1) is 12.1 Å². The first-order valence-electron chi connectivity index (χ1n) is 5.45. The summed E-state index contributed by atoms with van der Waals surface area (Å²) in [6.45, 7) is 8.80. The summed E-state index contributed by atoms with van der Waals surface area (Å²) in [7, 11) is 0. The second-order valence-corrected chi connectivity index (χ2v) is 3.86. The van der Waals surface area contributed by atoms with Gasteiger partial charge in [-0.05, 0) is 19.1 Å².